The molecule has 0 spiro atoms. The molecule has 0 atom stereocenters. The van der Waals surface area contributed by atoms with Crippen molar-refractivity contribution in [3.05, 3.63) is 85.0 Å². The molecule has 17 heavy (non-hydrogen) atoms. The predicted molar refractivity (Wildman–Crippen MR) is 79.1 cm³/mol. The number of hydrogen-bond donors (Lipinski definition) is 0. The van der Waals surface area contributed by atoms with E-state index >= 15 is 0 Å². The molecule has 0 saturated carbocycles. The molecule has 0 nitrogen and oxygen atoms in total. The van der Waals surface area contributed by atoms with Crippen molar-refractivity contribution in [2.45, 2.75) is 20.3 Å². The van der Waals surface area contributed by atoms with Gasteiger partial charge in [-0.1, -0.05) is 80.8 Å². The van der Waals surface area contributed by atoms with E-state index in [4.69, 9.17) is 0 Å². The molecule has 1 aromatic carbocycles. The molecule has 0 fully saturated rings. The number of aryl methyl sites for hydroxylation is 1. The Morgan fingerprint density at radius 3 is 2.18 bits per heavy atom. The van der Waals surface area contributed by atoms with Crippen LogP contribution in [0.2, 0.25) is 0 Å². The lowest BCUT2D eigenvalue weighted by Gasteiger charge is -1.89. The zero-order chi connectivity index (χ0) is 12.9. The lowest BCUT2D eigenvalue weighted by molar-refractivity contribution is 1.14. The molecule has 0 N–H and O–H groups in total. The zero-order valence-corrected chi connectivity index (χ0v) is 10.9. The van der Waals surface area contributed by atoms with Crippen LogP contribution in [0.5, 0.6) is 0 Å². The van der Waals surface area contributed by atoms with Gasteiger partial charge in [0.1, 0.15) is 0 Å². The zero-order valence-electron chi connectivity index (χ0n) is 10.9. The van der Waals surface area contributed by atoms with Crippen molar-refractivity contribution in [1.29, 1.82) is 0 Å². The molecule has 90 valence electrons. The Labute approximate surface area is 106 Å². The molecule has 0 amide bonds. The first-order valence-corrected chi connectivity index (χ1v) is 5.90. The highest BCUT2D eigenvalue weighted by atomic mass is 13.9. The van der Waals surface area contributed by atoms with Gasteiger partial charge in [-0.2, -0.15) is 0 Å². The predicted octanol–water partition coefficient (Wildman–Crippen LogP) is 5.11. The van der Waals surface area contributed by atoms with Crippen LogP contribution in [0.3, 0.4) is 0 Å². The van der Waals surface area contributed by atoms with Crippen molar-refractivity contribution < 1.29 is 0 Å². The maximum Gasteiger partial charge on any atom is -0.0266 e. The lowest BCUT2D eigenvalue weighted by atomic mass is 10.2. The molecule has 0 radical (unpaired) electrons. The fourth-order valence-corrected chi connectivity index (χ4v) is 1.23. The lowest BCUT2D eigenvalue weighted by Crippen LogP contribution is -1.73. The van der Waals surface area contributed by atoms with E-state index in [-0.39, 0.29) is 0 Å². The maximum absolute atomic E-state index is 3.63. The van der Waals surface area contributed by atoms with E-state index in [9.17, 15) is 0 Å². The Bertz CT molecular complexity index is 366. The van der Waals surface area contributed by atoms with Gasteiger partial charge in [0, 0.05) is 0 Å². The Morgan fingerprint density at radius 1 is 1.18 bits per heavy atom. The van der Waals surface area contributed by atoms with Gasteiger partial charge in [0.05, 0.1) is 0 Å². The van der Waals surface area contributed by atoms with Gasteiger partial charge in [-0.05, 0) is 24.5 Å². The molecule has 0 unspecified atom stereocenters. The fraction of sp³-hybridized carbons (Fsp3) is 0.176. The molecule has 1 rings (SSSR count). The standard InChI is InChI=1S/C9H12.C8H10/c1-4-7-9(6-3)8-5-2;1-2-8-6-4-3-5-7-8/h4-8H,1,3H2,2H3;3-7H,2H2,1H3/b8-5+,9-7+;. The average molecular weight is 226 g/mol. The molecule has 0 aliphatic carbocycles. The van der Waals surface area contributed by atoms with E-state index in [1.165, 1.54) is 5.56 Å². The first kappa shape index (κ1) is 15.2. The highest BCUT2D eigenvalue weighted by Crippen LogP contribution is 1.97. The van der Waals surface area contributed by atoms with Crippen LogP contribution < -0.4 is 0 Å². The largest absolute Gasteiger partial charge is 0.0990 e. The molecule has 0 heteroatoms. The van der Waals surface area contributed by atoms with Crippen LogP contribution in [0, 0.1) is 0 Å². The summed E-state index contributed by atoms with van der Waals surface area (Å²) < 4.78 is 0. The second-order valence-electron chi connectivity index (χ2n) is 3.45. The average Bonchev–Trinajstić information content (AvgIpc) is 2.40. The van der Waals surface area contributed by atoms with E-state index in [1.54, 1.807) is 12.2 Å². The first-order chi connectivity index (χ1) is 8.28. The van der Waals surface area contributed by atoms with Crippen molar-refractivity contribution in [3.8, 4) is 0 Å². The highest BCUT2D eigenvalue weighted by Gasteiger charge is 1.80. The van der Waals surface area contributed by atoms with E-state index in [1.807, 2.05) is 31.2 Å². The molecule has 0 aromatic heterocycles. The Kier molecular flexibility index (Phi) is 9.55. The van der Waals surface area contributed by atoms with E-state index in [0.717, 1.165) is 12.0 Å². The van der Waals surface area contributed by atoms with Crippen LogP contribution in [-0.2, 0) is 6.42 Å². The summed E-state index contributed by atoms with van der Waals surface area (Å²) in [7, 11) is 0. The number of benzene rings is 1. The molecular weight excluding hydrogens is 204 g/mol. The molecular formula is C17H22. The number of hydrogen-bond acceptors (Lipinski definition) is 0. The van der Waals surface area contributed by atoms with Gasteiger partial charge >= 0.3 is 0 Å². The van der Waals surface area contributed by atoms with Crippen LogP contribution in [-0.4, -0.2) is 0 Å². The van der Waals surface area contributed by atoms with Crippen molar-refractivity contribution in [2.24, 2.45) is 0 Å². The summed E-state index contributed by atoms with van der Waals surface area (Å²) in [5.41, 5.74) is 2.50. The third kappa shape index (κ3) is 8.04. The second-order valence-corrected chi connectivity index (χ2v) is 3.45. The number of rotatable bonds is 4. The van der Waals surface area contributed by atoms with Gasteiger partial charge in [0.2, 0.25) is 0 Å². The van der Waals surface area contributed by atoms with Gasteiger partial charge in [0.15, 0.2) is 0 Å². The second kappa shape index (κ2) is 10.7. The van der Waals surface area contributed by atoms with E-state index < -0.39 is 0 Å². The monoisotopic (exact) mass is 226 g/mol. The summed E-state index contributed by atoms with van der Waals surface area (Å²) in [5.74, 6) is 0. The van der Waals surface area contributed by atoms with Gasteiger partial charge in [-0.3, -0.25) is 0 Å². The Balaban J connectivity index is 0.000000302. The maximum atomic E-state index is 3.63. The third-order valence-electron chi connectivity index (χ3n) is 2.16. The Morgan fingerprint density at radius 2 is 1.82 bits per heavy atom. The summed E-state index contributed by atoms with van der Waals surface area (Å²) in [6.07, 6.45) is 10.5. The van der Waals surface area contributed by atoms with E-state index in [0.29, 0.717) is 0 Å². The van der Waals surface area contributed by atoms with Crippen molar-refractivity contribution >= 4 is 0 Å². The van der Waals surface area contributed by atoms with Gasteiger partial charge in [-0.15, -0.1) is 0 Å². The van der Waals surface area contributed by atoms with Crippen molar-refractivity contribution in [2.75, 3.05) is 0 Å². The summed E-state index contributed by atoms with van der Waals surface area (Å²) in [4.78, 5) is 0. The topological polar surface area (TPSA) is 0 Å². The van der Waals surface area contributed by atoms with Crippen molar-refractivity contribution in [1.82, 2.24) is 0 Å². The minimum atomic E-state index is 1.09. The SMILES string of the molecule is C=C/C=C(C=C)/C=C/C.CCc1ccccc1. The summed E-state index contributed by atoms with van der Waals surface area (Å²) in [5, 5.41) is 0. The summed E-state index contributed by atoms with van der Waals surface area (Å²) >= 11 is 0. The highest BCUT2D eigenvalue weighted by molar-refractivity contribution is 5.31. The summed E-state index contributed by atoms with van der Waals surface area (Å²) in [6, 6.07) is 10.5. The molecule has 0 saturated heterocycles. The first-order valence-electron chi connectivity index (χ1n) is 5.90. The van der Waals surface area contributed by atoms with Crippen LogP contribution in [0.4, 0.5) is 0 Å². The van der Waals surface area contributed by atoms with Crippen LogP contribution in [0.1, 0.15) is 19.4 Å². The minimum Gasteiger partial charge on any atom is -0.0990 e. The fourth-order valence-electron chi connectivity index (χ4n) is 1.23. The van der Waals surface area contributed by atoms with Crippen LogP contribution in [0.15, 0.2) is 79.4 Å². The quantitative estimate of drug-likeness (QED) is 0.626. The summed E-state index contributed by atoms with van der Waals surface area (Å²) in [6.45, 7) is 11.3. The molecule has 0 bridgehead atoms. The van der Waals surface area contributed by atoms with Crippen LogP contribution in [0.25, 0.3) is 0 Å². The van der Waals surface area contributed by atoms with E-state index in [2.05, 4.69) is 44.3 Å². The van der Waals surface area contributed by atoms with Crippen LogP contribution >= 0.6 is 0 Å². The molecule has 1 aromatic rings. The third-order valence-corrected chi connectivity index (χ3v) is 2.16. The van der Waals surface area contributed by atoms with Gasteiger partial charge < -0.3 is 0 Å². The van der Waals surface area contributed by atoms with Gasteiger partial charge in [0.25, 0.3) is 0 Å². The smallest absolute Gasteiger partial charge is 0.0266 e. The normalized spacial score (nSPS) is 10.6. The van der Waals surface area contributed by atoms with Crippen molar-refractivity contribution in [3.63, 3.8) is 0 Å². The number of allylic oxidation sites excluding steroid dienone is 6. The van der Waals surface area contributed by atoms with Gasteiger partial charge in [-0.25, -0.2) is 0 Å². The Hall–Kier alpha value is -1.82. The molecule has 0 aliphatic heterocycles. The molecule has 0 aliphatic rings. The molecule has 0 heterocycles. The minimum absolute atomic E-state index is 1.09.